The number of carbonyl (C=O) groups is 2. The number of rotatable bonds is 3. The molecule has 0 N–H and O–H groups in total. The Morgan fingerprint density at radius 1 is 1.14 bits per heavy atom. The molecular weight excluding hydrogens is 362 g/mol. The molecule has 2 aliphatic rings. The summed E-state index contributed by atoms with van der Waals surface area (Å²) in [4.78, 5) is 36.3. The van der Waals surface area contributed by atoms with Gasteiger partial charge in [-0.05, 0) is 22.8 Å². The second-order valence-corrected chi connectivity index (χ2v) is 7.93. The number of aromatic nitrogens is 1. The molecule has 0 radical (unpaired) electrons. The number of hydrogen-bond acceptors (Lipinski definition) is 3. The van der Waals surface area contributed by atoms with Crippen LogP contribution in [0.15, 0.2) is 78.3 Å². The molecule has 29 heavy (non-hydrogen) atoms. The lowest BCUT2D eigenvalue weighted by atomic mass is 9.57. The lowest BCUT2D eigenvalue weighted by molar-refractivity contribution is -0.136. The van der Waals surface area contributed by atoms with Gasteiger partial charge in [0.1, 0.15) is 5.41 Å². The van der Waals surface area contributed by atoms with Crippen LogP contribution in [0, 0.1) is 12.0 Å². The van der Waals surface area contributed by atoms with Crippen molar-refractivity contribution in [2.75, 3.05) is 6.54 Å². The first-order valence-corrected chi connectivity index (χ1v) is 9.51. The highest BCUT2D eigenvalue weighted by Gasteiger charge is 2.56. The van der Waals surface area contributed by atoms with Crippen LogP contribution in [0.2, 0.25) is 0 Å². The van der Waals surface area contributed by atoms with Crippen molar-refractivity contribution in [1.29, 1.82) is 0 Å². The van der Waals surface area contributed by atoms with E-state index in [1.54, 1.807) is 37.2 Å². The van der Waals surface area contributed by atoms with Crippen LogP contribution in [-0.2, 0) is 21.5 Å². The Balaban J connectivity index is 1.92. The second-order valence-electron chi connectivity index (χ2n) is 7.93. The van der Waals surface area contributed by atoms with Crippen molar-refractivity contribution in [3.8, 4) is 0 Å². The molecule has 1 aliphatic heterocycles. The van der Waals surface area contributed by atoms with Gasteiger partial charge in [-0.3, -0.25) is 9.78 Å². The third-order valence-electron chi connectivity index (χ3n) is 5.84. The fourth-order valence-electron chi connectivity index (χ4n) is 4.41. The van der Waals surface area contributed by atoms with Crippen LogP contribution in [0.25, 0.3) is 4.85 Å². The molecule has 1 aliphatic carbocycles. The molecule has 5 heteroatoms. The summed E-state index contributed by atoms with van der Waals surface area (Å²) in [5.41, 5.74) is 0.392. The van der Waals surface area contributed by atoms with Crippen LogP contribution in [0.3, 0.4) is 0 Å². The number of hydrogen-bond donors (Lipinski definition) is 0. The topological polar surface area (TPSA) is 54.6 Å². The third-order valence-corrected chi connectivity index (χ3v) is 5.84. The van der Waals surface area contributed by atoms with Crippen LogP contribution in [0.5, 0.6) is 0 Å². The van der Waals surface area contributed by atoms with Crippen molar-refractivity contribution >= 4 is 11.7 Å². The van der Waals surface area contributed by atoms with Gasteiger partial charge in [-0.25, -0.2) is 4.85 Å². The number of amides is 1. The van der Waals surface area contributed by atoms with Gasteiger partial charge in [-0.2, -0.15) is 0 Å². The quantitative estimate of drug-likeness (QED) is 0.600. The van der Waals surface area contributed by atoms with E-state index in [2.05, 4.69) is 9.83 Å². The predicted molar refractivity (Wildman–Crippen MR) is 109 cm³/mol. The molecule has 0 saturated heterocycles. The summed E-state index contributed by atoms with van der Waals surface area (Å²) in [6, 6.07) is 13.2. The molecule has 4 rings (SSSR count). The predicted octanol–water partition coefficient (Wildman–Crippen LogP) is 3.70. The van der Waals surface area contributed by atoms with Crippen molar-refractivity contribution < 1.29 is 9.59 Å². The van der Waals surface area contributed by atoms with Gasteiger partial charge in [-0.15, -0.1) is 0 Å². The largest absolute Gasteiger partial charge is 0.333 e. The first-order chi connectivity index (χ1) is 13.9. The summed E-state index contributed by atoms with van der Waals surface area (Å²) in [7, 11) is 0. The average molecular weight is 383 g/mol. The van der Waals surface area contributed by atoms with Crippen LogP contribution in [-0.4, -0.2) is 28.1 Å². The summed E-state index contributed by atoms with van der Waals surface area (Å²) in [6.07, 6.45) is 7.01. The smallest absolute Gasteiger partial charge is 0.240 e. The van der Waals surface area contributed by atoms with Gasteiger partial charge in [0, 0.05) is 30.9 Å². The summed E-state index contributed by atoms with van der Waals surface area (Å²) in [6.45, 7) is 12.0. The number of allylic oxidation sites excluding steroid dienone is 1. The standard InChI is InChI=1S/C24H21N3O2/c1-23(2)20-11-13-27(16-17-8-7-12-26-15-17)22(29)24(20,14-19(25-3)21(23)28)18-9-5-4-6-10-18/h4-12,14-15H,13,16H2,1-2H3/t24-/m1/s1. The van der Waals surface area contributed by atoms with E-state index in [0.29, 0.717) is 13.1 Å². The Morgan fingerprint density at radius 3 is 2.55 bits per heavy atom. The molecule has 0 fully saturated rings. The van der Waals surface area contributed by atoms with Gasteiger partial charge >= 0.3 is 0 Å². The Hall–Kier alpha value is -3.52. The van der Waals surface area contributed by atoms with Gasteiger partial charge in [0.15, 0.2) is 5.78 Å². The highest BCUT2D eigenvalue weighted by atomic mass is 16.2. The second kappa shape index (κ2) is 6.82. The maximum Gasteiger partial charge on any atom is 0.240 e. The first-order valence-electron chi connectivity index (χ1n) is 9.51. The normalized spacial score (nSPS) is 23.0. The van der Waals surface area contributed by atoms with E-state index >= 15 is 0 Å². The van der Waals surface area contributed by atoms with Gasteiger partial charge in [-0.1, -0.05) is 62.4 Å². The molecule has 1 atom stereocenters. The number of ketones is 1. The molecule has 1 aromatic heterocycles. The summed E-state index contributed by atoms with van der Waals surface area (Å²) in [5.74, 6) is -0.356. The summed E-state index contributed by atoms with van der Waals surface area (Å²) >= 11 is 0. The Labute approximate surface area is 170 Å². The Bertz CT molecular complexity index is 1080. The van der Waals surface area contributed by atoms with Gasteiger partial charge < -0.3 is 9.69 Å². The zero-order chi connectivity index (χ0) is 20.6. The van der Waals surface area contributed by atoms with E-state index in [9.17, 15) is 9.59 Å². The first kappa shape index (κ1) is 18.8. The SMILES string of the molecule is [C-]#[N+]C1=C[C@]2(c3ccccc3)C(=O)N(Cc3cccnc3)CC=C2C(C)(C)C1=O. The molecule has 2 aromatic rings. The Kier molecular flexibility index (Phi) is 4.43. The number of benzene rings is 1. The minimum absolute atomic E-state index is 0.0209. The highest BCUT2D eigenvalue weighted by molar-refractivity contribution is 6.10. The van der Waals surface area contributed by atoms with Gasteiger partial charge in [0.25, 0.3) is 0 Å². The van der Waals surface area contributed by atoms with E-state index in [0.717, 1.165) is 16.7 Å². The molecule has 144 valence electrons. The summed E-state index contributed by atoms with van der Waals surface area (Å²) < 4.78 is 0. The third kappa shape index (κ3) is 2.80. The molecule has 0 unspecified atom stereocenters. The molecule has 2 heterocycles. The molecule has 1 amide bonds. The molecule has 5 nitrogen and oxygen atoms in total. The van der Waals surface area contributed by atoms with E-state index in [1.807, 2.05) is 48.5 Å². The van der Waals surface area contributed by atoms with Crippen LogP contribution >= 0.6 is 0 Å². The van der Waals surface area contributed by atoms with Gasteiger partial charge in [0.2, 0.25) is 11.6 Å². The number of nitrogens with zero attached hydrogens (tertiary/aromatic N) is 3. The lowest BCUT2D eigenvalue weighted by Gasteiger charge is -2.48. The van der Waals surface area contributed by atoms with Crippen LogP contribution in [0.1, 0.15) is 25.0 Å². The molecule has 0 saturated carbocycles. The maximum atomic E-state index is 13.9. The van der Waals surface area contributed by atoms with Crippen molar-refractivity contribution in [1.82, 2.24) is 9.88 Å². The van der Waals surface area contributed by atoms with E-state index in [4.69, 9.17) is 6.57 Å². The van der Waals surface area contributed by atoms with E-state index in [-0.39, 0.29) is 17.4 Å². The number of pyridine rings is 1. The van der Waals surface area contributed by atoms with Crippen molar-refractivity contribution in [3.05, 3.63) is 101 Å². The fraction of sp³-hybridized carbons (Fsp3) is 0.250. The van der Waals surface area contributed by atoms with Crippen LogP contribution in [0.4, 0.5) is 0 Å². The summed E-state index contributed by atoms with van der Waals surface area (Å²) in [5, 5.41) is 0. The minimum atomic E-state index is -1.15. The van der Waals surface area contributed by atoms with Crippen molar-refractivity contribution in [2.45, 2.75) is 25.8 Å². The highest BCUT2D eigenvalue weighted by Crippen LogP contribution is 2.52. The van der Waals surface area contributed by atoms with Crippen LogP contribution < -0.4 is 0 Å². The zero-order valence-electron chi connectivity index (χ0n) is 16.4. The maximum absolute atomic E-state index is 13.9. The fourth-order valence-corrected chi connectivity index (χ4v) is 4.41. The molecular formula is C24H21N3O2. The number of carbonyl (C=O) groups excluding carboxylic acids is 2. The van der Waals surface area contributed by atoms with E-state index in [1.165, 1.54) is 0 Å². The van der Waals surface area contributed by atoms with Crippen molar-refractivity contribution in [3.63, 3.8) is 0 Å². The lowest BCUT2D eigenvalue weighted by Crippen LogP contribution is -2.56. The molecule has 0 bridgehead atoms. The monoisotopic (exact) mass is 383 g/mol. The molecule has 1 aromatic carbocycles. The van der Waals surface area contributed by atoms with Crippen molar-refractivity contribution in [2.24, 2.45) is 5.41 Å². The molecule has 0 spiro atoms. The number of fused-ring (bicyclic) bond motifs is 1. The minimum Gasteiger partial charge on any atom is -0.333 e. The number of Topliss-reactive ketones (excluding diaryl/α,β-unsaturated/α-hetero) is 1. The van der Waals surface area contributed by atoms with Gasteiger partial charge in [0.05, 0.1) is 6.57 Å². The van der Waals surface area contributed by atoms with E-state index < -0.39 is 10.8 Å². The average Bonchev–Trinajstić information content (AvgIpc) is 2.74. The zero-order valence-corrected chi connectivity index (χ0v) is 16.4. The Morgan fingerprint density at radius 2 is 1.90 bits per heavy atom.